The Morgan fingerprint density at radius 1 is 1.22 bits per heavy atom. The summed E-state index contributed by atoms with van der Waals surface area (Å²) in [5, 5.41) is 1.75. The first-order valence-electron chi connectivity index (χ1n) is 5.90. The van der Waals surface area contributed by atoms with Crippen molar-refractivity contribution in [2.24, 2.45) is 0 Å². The molecule has 18 heavy (non-hydrogen) atoms. The van der Waals surface area contributed by atoms with Crippen molar-refractivity contribution in [2.45, 2.75) is 33.4 Å². The van der Waals surface area contributed by atoms with E-state index in [1.165, 1.54) is 17.5 Å². The molecule has 1 aliphatic carbocycles. The summed E-state index contributed by atoms with van der Waals surface area (Å²) in [7, 11) is -0.610. The number of hydrogen-bond donors (Lipinski definition) is 1. The smallest absolute Gasteiger partial charge is 1.00 e. The van der Waals surface area contributed by atoms with Crippen LogP contribution in [0.25, 0.3) is 0 Å². The van der Waals surface area contributed by atoms with Gasteiger partial charge in [0.1, 0.15) is 0 Å². The molecule has 1 nitrogen and oxygen atoms in total. The Kier molecular flexibility index (Phi) is 8.08. The maximum atomic E-state index is 3.49. The minimum atomic E-state index is -0.610. The molecular weight excluding hydrogens is 360 g/mol. The van der Waals surface area contributed by atoms with Crippen molar-refractivity contribution < 1.29 is 48.0 Å². The number of aromatic amines is 1. The average Bonchev–Trinajstić information content (AvgIpc) is 2.80. The van der Waals surface area contributed by atoms with Gasteiger partial charge in [-0.3, -0.25) is 0 Å². The van der Waals surface area contributed by atoms with E-state index in [2.05, 4.69) is 50.3 Å². The van der Waals surface area contributed by atoms with Crippen LogP contribution >= 0.6 is 0 Å². The van der Waals surface area contributed by atoms with E-state index < -0.39 is 32.0 Å². The van der Waals surface area contributed by atoms with Crippen LogP contribution in [0.4, 0.5) is 0 Å². The molecule has 0 radical (unpaired) electrons. The largest absolute Gasteiger partial charge is 1.00 e. The van der Waals surface area contributed by atoms with Crippen molar-refractivity contribution in [1.29, 1.82) is 0 Å². The zero-order valence-corrected chi connectivity index (χ0v) is 16.4. The van der Waals surface area contributed by atoms with Crippen molar-refractivity contribution in [2.75, 3.05) is 0 Å². The molecule has 0 aliphatic heterocycles. The van der Waals surface area contributed by atoms with Gasteiger partial charge in [-0.1, -0.05) is 0 Å². The van der Waals surface area contributed by atoms with Crippen LogP contribution in [0.2, 0.25) is 13.1 Å². The molecular formula is C13H19Cl2NSiZr. The Morgan fingerprint density at radius 2 is 1.89 bits per heavy atom. The molecule has 5 heteroatoms. The molecule has 0 spiro atoms. The molecule has 0 saturated carbocycles. The Balaban J connectivity index is 0.00000144. The Morgan fingerprint density at radius 3 is 2.39 bits per heavy atom. The van der Waals surface area contributed by atoms with E-state index in [4.69, 9.17) is 0 Å². The number of H-pyrrole nitrogens is 1. The van der Waals surface area contributed by atoms with Gasteiger partial charge in [0.25, 0.3) is 0 Å². The van der Waals surface area contributed by atoms with E-state index in [1.54, 1.807) is 8.60 Å². The fourth-order valence-electron chi connectivity index (χ4n) is 2.06. The third kappa shape index (κ3) is 3.96. The molecule has 1 aromatic heterocycles. The van der Waals surface area contributed by atoms with Crippen molar-refractivity contribution in [3.63, 3.8) is 0 Å². The Labute approximate surface area is 136 Å². The van der Waals surface area contributed by atoms with Gasteiger partial charge in [-0.2, -0.15) is 0 Å². The molecule has 0 bridgehead atoms. The molecule has 0 saturated heterocycles. The summed E-state index contributed by atoms with van der Waals surface area (Å²) in [6.45, 7) is 9.35. The van der Waals surface area contributed by atoms with Crippen LogP contribution < -0.4 is 28.2 Å². The second-order valence-electron chi connectivity index (χ2n) is 4.79. The van der Waals surface area contributed by atoms with E-state index in [0.29, 0.717) is 0 Å². The Hall–Kier alpha value is 0.440. The summed E-state index contributed by atoms with van der Waals surface area (Å²) >= 11 is -0.541. The Bertz CT molecular complexity index is 464. The first kappa shape index (κ1) is 18.4. The summed E-state index contributed by atoms with van der Waals surface area (Å²) in [6, 6.07) is 0. The molecule has 98 valence electrons. The molecule has 0 fully saturated rings. The van der Waals surface area contributed by atoms with Gasteiger partial charge in [-0.05, 0) is 0 Å². The predicted molar refractivity (Wildman–Crippen MR) is 69.6 cm³/mol. The fraction of sp³-hybridized carbons (Fsp3) is 0.385. The maximum Gasteiger partial charge on any atom is -1.00 e. The third-order valence-electron chi connectivity index (χ3n) is 3.27. The van der Waals surface area contributed by atoms with Crippen molar-refractivity contribution >= 4 is 12.2 Å². The number of aryl methyl sites for hydroxylation is 1. The quantitative estimate of drug-likeness (QED) is 0.527. The fourth-order valence-corrected chi connectivity index (χ4v) is 9.09. The minimum Gasteiger partial charge on any atom is -1.00 e. The molecule has 0 atom stereocenters. The summed E-state index contributed by atoms with van der Waals surface area (Å²) in [5.74, 6) is 0. The van der Waals surface area contributed by atoms with E-state index >= 15 is 0 Å². The number of hydrogen-bond acceptors (Lipinski definition) is 0. The van der Waals surface area contributed by atoms with Crippen molar-refractivity contribution in [3.8, 4) is 0 Å². The molecule has 1 aromatic rings. The second kappa shape index (κ2) is 7.89. The topological polar surface area (TPSA) is 15.8 Å². The van der Waals surface area contributed by atoms with Gasteiger partial charge in [-0.25, -0.2) is 0 Å². The van der Waals surface area contributed by atoms with Crippen LogP contribution in [-0.4, -0.2) is 13.8 Å². The van der Waals surface area contributed by atoms with Gasteiger partial charge >= 0.3 is 112 Å². The van der Waals surface area contributed by atoms with E-state index in [1.807, 2.05) is 3.28 Å². The molecule has 1 N–H and O–H groups in total. The molecule has 0 unspecified atom stereocenters. The van der Waals surface area contributed by atoms with Crippen LogP contribution in [-0.2, 0) is 23.2 Å². The van der Waals surface area contributed by atoms with Gasteiger partial charge in [-0.15, -0.1) is 0 Å². The van der Waals surface area contributed by atoms with Crippen molar-refractivity contribution in [1.82, 2.24) is 4.98 Å². The van der Waals surface area contributed by atoms with Crippen LogP contribution in [0.3, 0.4) is 0 Å². The molecule has 1 heterocycles. The van der Waals surface area contributed by atoms with E-state index in [9.17, 15) is 0 Å². The monoisotopic (exact) mass is 377 g/mol. The van der Waals surface area contributed by atoms with E-state index in [0.717, 1.165) is 0 Å². The van der Waals surface area contributed by atoms with Gasteiger partial charge in [0.15, 0.2) is 0 Å². The summed E-state index contributed by atoms with van der Waals surface area (Å²) in [4.78, 5) is 3.49. The normalized spacial score (nSPS) is 13.4. The second-order valence-corrected chi connectivity index (χ2v) is 11.1. The predicted octanol–water partition coefficient (Wildman–Crippen LogP) is -3.41. The number of aromatic nitrogens is 1. The molecule has 2 rings (SSSR count). The first-order valence-corrected chi connectivity index (χ1v) is 11.2. The van der Waals surface area contributed by atoms with Crippen LogP contribution in [0.1, 0.15) is 17.5 Å². The summed E-state index contributed by atoms with van der Waals surface area (Å²) in [6.07, 6.45) is 8.17. The number of halogens is 2. The van der Waals surface area contributed by atoms with Gasteiger partial charge in [0, 0.05) is 0 Å². The third-order valence-corrected chi connectivity index (χ3v) is 9.60. The molecule has 1 aliphatic rings. The SMILES string of the molecule is Cc1c[nH][c]([Zr+2][C]2=C([SiH](C)C)C=CC2)c1C.[Cl-].[Cl-]. The summed E-state index contributed by atoms with van der Waals surface area (Å²) < 4.78 is 3.39. The van der Waals surface area contributed by atoms with E-state index in [-0.39, 0.29) is 24.8 Å². The zero-order chi connectivity index (χ0) is 11.7. The first-order chi connectivity index (χ1) is 7.59. The molecule has 0 aromatic carbocycles. The van der Waals surface area contributed by atoms with Gasteiger partial charge < -0.3 is 24.8 Å². The number of nitrogens with one attached hydrogen (secondary N) is 1. The number of rotatable bonds is 3. The summed E-state index contributed by atoms with van der Waals surface area (Å²) in [5.41, 5.74) is 2.93. The van der Waals surface area contributed by atoms with Crippen LogP contribution in [0, 0.1) is 13.8 Å². The maximum absolute atomic E-state index is 3.49. The molecule has 0 amide bonds. The minimum absolute atomic E-state index is 0. The van der Waals surface area contributed by atoms with Crippen LogP contribution in [0.15, 0.2) is 26.8 Å². The standard InChI is InChI=1S/C7H11Si.C6H8N.2ClH.Zr/c1-8(2)7-5-3-4-6-7;1-5-3-7-4-6(5)2;;;/h3,5,8H,4H2,1-2H3;3,7H,1-2H3;2*1H;/q;;;;+2/p-2. The zero-order valence-electron chi connectivity index (χ0n) is 11.3. The van der Waals surface area contributed by atoms with Gasteiger partial charge in [0.05, 0.1) is 0 Å². The van der Waals surface area contributed by atoms with Crippen molar-refractivity contribution in [3.05, 3.63) is 38.0 Å². The van der Waals surface area contributed by atoms with Gasteiger partial charge in [0.2, 0.25) is 0 Å². The number of allylic oxidation sites excluding steroid dienone is 4. The average molecular weight is 380 g/mol. The van der Waals surface area contributed by atoms with Crippen LogP contribution in [0.5, 0.6) is 0 Å².